The number of carbonyl (C=O) groups is 1. The lowest BCUT2D eigenvalue weighted by molar-refractivity contribution is -0.137. The van der Waals surface area contributed by atoms with Gasteiger partial charge >= 0.3 is 6.18 Å². The van der Waals surface area contributed by atoms with Crippen LogP contribution in [0.5, 0.6) is 0 Å². The van der Waals surface area contributed by atoms with Gasteiger partial charge in [-0.1, -0.05) is 12.1 Å². The number of rotatable bonds is 3. The molecule has 1 atom stereocenters. The van der Waals surface area contributed by atoms with Gasteiger partial charge in [0.1, 0.15) is 6.04 Å². The summed E-state index contributed by atoms with van der Waals surface area (Å²) in [7, 11) is 1.51. The third-order valence-corrected chi connectivity index (χ3v) is 2.14. The van der Waals surface area contributed by atoms with Crippen LogP contribution in [0.4, 0.5) is 13.2 Å². The van der Waals surface area contributed by atoms with E-state index in [1.54, 1.807) is 0 Å². The molecule has 0 spiro atoms. The molecule has 0 aliphatic carbocycles. The summed E-state index contributed by atoms with van der Waals surface area (Å²) in [4.78, 5) is 11.0. The molecule has 0 bridgehead atoms. The number of amides is 1. The molecule has 0 heterocycles. The van der Waals surface area contributed by atoms with Gasteiger partial charge in [-0.05, 0) is 24.7 Å². The van der Waals surface area contributed by atoms with Crippen molar-refractivity contribution in [1.82, 2.24) is 5.32 Å². The summed E-state index contributed by atoms with van der Waals surface area (Å²) in [5, 5.41) is 2.62. The number of alkyl halides is 3. The Hall–Kier alpha value is -1.56. The van der Waals surface area contributed by atoms with E-state index in [4.69, 9.17) is 5.73 Å². The molecule has 0 saturated carbocycles. The minimum absolute atomic E-state index is 0.406. The maximum atomic E-state index is 12.3. The van der Waals surface area contributed by atoms with Crippen LogP contribution in [-0.2, 0) is 11.0 Å². The van der Waals surface area contributed by atoms with Crippen molar-refractivity contribution >= 4 is 5.91 Å². The number of nitrogens with one attached hydrogen (secondary N) is 1. The first kappa shape index (κ1) is 12.5. The molecule has 0 aliphatic heterocycles. The van der Waals surface area contributed by atoms with E-state index in [0.29, 0.717) is 5.56 Å². The largest absolute Gasteiger partial charge is 0.416 e. The van der Waals surface area contributed by atoms with Gasteiger partial charge in [-0.25, -0.2) is 0 Å². The third-order valence-electron chi connectivity index (χ3n) is 2.14. The number of halogens is 3. The van der Waals surface area contributed by atoms with Crippen LogP contribution >= 0.6 is 0 Å². The third kappa shape index (κ3) is 2.73. The van der Waals surface area contributed by atoms with Crippen LogP contribution in [0.25, 0.3) is 0 Å². The maximum absolute atomic E-state index is 12.3. The van der Waals surface area contributed by atoms with E-state index in [1.807, 2.05) is 0 Å². The second-order valence-corrected chi connectivity index (χ2v) is 3.24. The van der Waals surface area contributed by atoms with Gasteiger partial charge < -0.3 is 11.1 Å². The van der Waals surface area contributed by atoms with Gasteiger partial charge in [-0.2, -0.15) is 13.2 Å². The number of carbonyl (C=O) groups excluding carboxylic acids is 1. The fourth-order valence-corrected chi connectivity index (χ4v) is 1.34. The zero-order valence-corrected chi connectivity index (χ0v) is 8.51. The van der Waals surface area contributed by atoms with E-state index < -0.39 is 23.7 Å². The smallest absolute Gasteiger partial charge is 0.368 e. The Kier molecular flexibility index (Phi) is 3.54. The maximum Gasteiger partial charge on any atom is 0.416 e. The van der Waals surface area contributed by atoms with Crippen LogP contribution in [0.2, 0.25) is 0 Å². The second-order valence-electron chi connectivity index (χ2n) is 3.24. The van der Waals surface area contributed by atoms with Crippen molar-refractivity contribution < 1.29 is 18.0 Å². The Morgan fingerprint density at radius 3 is 2.12 bits per heavy atom. The molecular weight excluding hydrogens is 221 g/mol. The van der Waals surface area contributed by atoms with Gasteiger partial charge in [0.05, 0.1) is 5.56 Å². The SMILES string of the molecule is CN[C@@H](C(N)=O)c1ccc(C(F)(F)F)cc1. The van der Waals surface area contributed by atoms with Crippen LogP contribution in [-0.4, -0.2) is 13.0 Å². The molecule has 3 N–H and O–H groups in total. The molecule has 88 valence electrons. The molecule has 1 rings (SSSR count). The van der Waals surface area contributed by atoms with Crippen molar-refractivity contribution in [2.45, 2.75) is 12.2 Å². The highest BCUT2D eigenvalue weighted by Gasteiger charge is 2.30. The van der Waals surface area contributed by atoms with Crippen LogP contribution in [0.3, 0.4) is 0 Å². The summed E-state index contributed by atoms with van der Waals surface area (Å²) in [5.41, 5.74) is 4.73. The predicted octanol–water partition coefficient (Wildman–Crippen LogP) is 1.45. The van der Waals surface area contributed by atoms with Gasteiger partial charge in [0.25, 0.3) is 0 Å². The van der Waals surface area contributed by atoms with Crippen molar-refractivity contribution in [3.05, 3.63) is 35.4 Å². The van der Waals surface area contributed by atoms with E-state index in [2.05, 4.69) is 5.32 Å². The van der Waals surface area contributed by atoms with Crippen molar-refractivity contribution in [2.24, 2.45) is 5.73 Å². The Labute approximate surface area is 90.4 Å². The summed E-state index contributed by atoms with van der Waals surface area (Å²) in [6.45, 7) is 0. The van der Waals surface area contributed by atoms with Crippen molar-refractivity contribution in [1.29, 1.82) is 0 Å². The lowest BCUT2D eigenvalue weighted by Crippen LogP contribution is -2.31. The van der Waals surface area contributed by atoms with Crippen LogP contribution < -0.4 is 11.1 Å². The van der Waals surface area contributed by atoms with Gasteiger partial charge in [-0.15, -0.1) is 0 Å². The summed E-state index contributed by atoms with van der Waals surface area (Å²) in [6, 6.07) is 3.52. The number of hydrogen-bond acceptors (Lipinski definition) is 2. The number of hydrogen-bond donors (Lipinski definition) is 2. The average Bonchev–Trinajstić information content (AvgIpc) is 2.17. The Balaban J connectivity index is 2.98. The van der Waals surface area contributed by atoms with Crippen LogP contribution in [0, 0.1) is 0 Å². The van der Waals surface area contributed by atoms with Gasteiger partial charge in [-0.3, -0.25) is 4.79 Å². The van der Waals surface area contributed by atoms with Gasteiger partial charge in [0.2, 0.25) is 5.91 Å². The van der Waals surface area contributed by atoms with Crippen LogP contribution in [0.15, 0.2) is 24.3 Å². The van der Waals surface area contributed by atoms with Crippen LogP contribution in [0.1, 0.15) is 17.2 Å². The molecule has 1 aromatic rings. The first-order valence-electron chi connectivity index (χ1n) is 4.50. The number of primary amides is 1. The first-order chi connectivity index (χ1) is 7.36. The fraction of sp³-hybridized carbons (Fsp3) is 0.300. The molecule has 1 amide bonds. The molecule has 1 aromatic carbocycles. The summed E-state index contributed by atoms with van der Waals surface area (Å²) in [5.74, 6) is -0.637. The van der Waals surface area contributed by atoms with E-state index in [9.17, 15) is 18.0 Å². The zero-order chi connectivity index (χ0) is 12.3. The average molecular weight is 232 g/mol. The molecule has 16 heavy (non-hydrogen) atoms. The fourth-order valence-electron chi connectivity index (χ4n) is 1.34. The molecule has 0 saturated heterocycles. The highest BCUT2D eigenvalue weighted by Crippen LogP contribution is 2.29. The minimum Gasteiger partial charge on any atom is -0.368 e. The Bertz CT molecular complexity index is 373. The summed E-state index contributed by atoms with van der Waals surface area (Å²) >= 11 is 0. The molecule has 0 unspecified atom stereocenters. The monoisotopic (exact) mass is 232 g/mol. The first-order valence-corrected chi connectivity index (χ1v) is 4.50. The molecule has 3 nitrogen and oxygen atoms in total. The molecule has 0 aromatic heterocycles. The Morgan fingerprint density at radius 2 is 1.81 bits per heavy atom. The quantitative estimate of drug-likeness (QED) is 0.828. The summed E-state index contributed by atoms with van der Waals surface area (Å²) < 4.78 is 36.8. The number of benzene rings is 1. The number of nitrogens with two attached hydrogens (primary N) is 1. The lowest BCUT2D eigenvalue weighted by atomic mass is 10.0. The van der Waals surface area contributed by atoms with E-state index in [0.717, 1.165) is 12.1 Å². The lowest BCUT2D eigenvalue weighted by Gasteiger charge is -2.13. The standard InChI is InChI=1S/C10H11F3N2O/c1-15-8(9(14)16)6-2-4-7(5-3-6)10(11,12)13/h2-5,8,15H,1H3,(H2,14,16)/t8-/m1/s1. The molecule has 0 aliphatic rings. The van der Waals surface area contributed by atoms with Crippen molar-refractivity contribution in [2.75, 3.05) is 7.05 Å². The predicted molar refractivity (Wildman–Crippen MR) is 52.4 cm³/mol. The number of likely N-dealkylation sites (N-methyl/N-ethyl adjacent to an activating group) is 1. The van der Waals surface area contributed by atoms with Gasteiger partial charge in [0.15, 0.2) is 0 Å². The normalized spacial score (nSPS) is 13.5. The van der Waals surface area contributed by atoms with Crippen molar-refractivity contribution in [3.8, 4) is 0 Å². The second kappa shape index (κ2) is 4.52. The van der Waals surface area contributed by atoms with E-state index in [-0.39, 0.29) is 0 Å². The minimum atomic E-state index is -4.37. The molecule has 0 fully saturated rings. The van der Waals surface area contributed by atoms with E-state index in [1.165, 1.54) is 19.2 Å². The highest BCUT2D eigenvalue weighted by atomic mass is 19.4. The molecule has 0 radical (unpaired) electrons. The highest BCUT2D eigenvalue weighted by molar-refractivity contribution is 5.81. The topological polar surface area (TPSA) is 55.1 Å². The van der Waals surface area contributed by atoms with E-state index >= 15 is 0 Å². The molecule has 6 heteroatoms. The van der Waals surface area contributed by atoms with Gasteiger partial charge in [0, 0.05) is 0 Å². The molecular formula is C10H11F3N2O. The zero-order valence-electron chi connectivity index (χ0n) is 8.51. The Morgan fingerprint density at radius 1 is 1.31 bits per heavy atom. The summed E-state index contributed by atoms with van der Waals surface area (Å²) in [6.07, 6.45) is -4.37. The van der Waals surface area contributed by atoms with Crippen molar-refractivity contribution in [3.63, 3.8) is 0 Å².